The van der Waals surface area contributed by atoms with Gasteiger partial charge >= 0.3 is 0 Å². The van der Waals surface area contributed by atoms with E-state index < -0.39 is 10.0 Å². The second-order valence-electron chi connectivity index (χ2n) is 5.19. The van der Waals surface area contributed by atoms with E-state index in [1.807, 2.05) is 0 Å². The van der Waals surface area contributed by atoms with Gasteiger partial charge in [-0.1, -0.05) is 28.8 Å². The van der Waals surface area contributed by atoms with Gasteiger partial charge in [0.1, 0.15) is 0 Å². The number of hydrogen-bond acceptors (Lipinski definition) is 3. The molecule has 2 atom stereocenters. The number of halogens is 1. The quantitative estimate of drug-likeness (QED) is 0.825. The molecule has 0 aromatic carbocycles. The van der Waals surface area contributed by atoms with E-state index in [2.05, 4.69) is 25.6 Å². The van der Waals surface area contributed by atoms with Crippen molar-refractivity contribution in [2.45, 2.75) is 30.7 Å². The summed E-state index contributed by atoms with van der Waals surface area (Å²) >= 11 is 3.53. The maximum absolute atomic E-state index is 12.1. The van der Waals surface area contributed by atoms with Crippen molar-refractivity contribution in [3.63, 3.8) is 0 Å². The summed E-state index contributed by atoms with van der Waals surface area (Å²) in [5.41, 5.74) is 0. The van der Waals surface area contributed by atoms with Crippen LogP contribution >= 0.6 is 15.9 Å². The second kappa shape index (κ2) is 6.37. The number of rotatable bonds is 5. The van der Waals surface area contributed by atoms with Gasteiger partial charge in [0.15, 0.2) is 5.03 Å². The van der Waals surface area contributed by atoms with E-state index >= 15 is 0 Å². The molecule has 2 unspecified atom stereocenters. The Labute approximate surface area is 123 Å². The van der Waals surface area contributed by atoms with Gasteiger partial charge in [-0.3, -0.25) is 0 Å². The van der Waals surface area contributed by atoms with Crippen molar-refractivity contribution >= 4 is 26.0 Å². The Morgan fingerprint density at radius 1 is 1.42 bits per heavy atom. The highest BCUT2D eigenvalue weighted by Crippen LogP contribution is 2.31. The lowest BCUT2D eigenvalue weighted by Crippen LogP contribution is -2.35. The molecule has 1 heterocycles. The molecule has 0 saturated heterocycles. The van der Waals surface area contributed by atoms with Crippen molar-refractivity contribution in [2.24, 2.45) is 18.9 Å². The Bertz CT molecular complexity index is 515. The number of nitrogens with one attached hydrogen (secondary N) is 1. The van der Waals surface area contributed by atoms with Crippen molar-refractivity contribution in [3.05, 3.63) is 12.5 Å². The summed E-state index contributed by atoms with van der Waals surface area (Å²) in [6.45, 7) is 0.509. The van der Waals surface area contributed by atoms with Crippen LogP contribution in [0, 0.1) is 11.8 Å². The molecule has 1 aromatic heterocycles. The van der Waals surface area contributed by atoms with E-state index in [0.29, 0.717) is 18.4 Å². The fraction of sp³-hybridized carbons (Fsp3) is 0.750. The first kappa shape index (κ1) is 15.0. The first-order chi connectivity index (χ1) is 9.03. The molecule has 0 spiro atoms. The van der Waals surface area contributed by atoms with Crippen LogP contribution in [0.25, 0.3) is 0 Å². The zero-order chi connectivity index (χ0) is 13.9. The molecule has 7 heteroatoms. The Morgan fingerprint density at radius 2 is 2.11 bits per heavy atom. The predicted molar refractivity (Wildman–Crippen MR) is 77.6 cm³/mol. The molecule has 1 aliphatic rings. The van der Waals surface area contributed by atoms with Crippen LogP contribution in [0.5, 0.6) is 0 Å². The highest BCUT2D eigenvalue weighted by molar-refractivity contribution is 9.09. The Hall–Kier alpha value is -0.400. The van der Waals surface area contributed by atoms with Gasteiger partial charge in [0.05, 0.1) is 6.33 Å². The van der Waals surface area contributed by atoms with Gasteiger partial charge in [-0.05, 0) is 24.7 Å². The summed E-state index contributed by atoms with van der Waals surface area (Å²) in [6.07, 6.45) is 7.74. The SMILES string of the molecule is Cn1cnc(S(=O)(=O)NCC2CCCCC2CBr)c1. The van der Waals surface area contributed by atoms with E-state index in [0.717, 1.165) is 11.8 Å². The minimum Gasteiger partial charge on any atom is -0.339 e. The first-order valence-electron chi connectivity index (χ1n) is 6.56. The monoisotopic (exact) mass is 349 g/mol. The van der Waals surface area contributed by atoms with E-state index in [4.69, 9.17) is 0 Å². The topological polar surface area (TPSA) is 64.0 Å². The van der Waals surface area contributed by atoms with Crippen LogP contribution in [0.4, 0.5) is 0 Å². The van der Waals surface area contributed by atoms with Crippen molar-refractivity contribution < 1.29 is 8.42 Å². The molecule has 1 N–H and O–H groups in total. The summed E-state index contributed by atoms with van der Waals surface area (Å²) in [5, 5.41) is 1.05. The number of sulfonamides is 1. The van der Waals surface area contributed by atoms with Crippen molar-refractivity contribution in [2.75, 3.05) is 11.9 Å². The number of aryl methyl sites for hydroxylation is 1. The molecular formula is C12H20BrN3O2S. The smallest absolute Gasteiger partial charge is 0.259 e. The predicted octanol–water partition coefficient (Wildman–Crippen LogP) is 1.90. The number of hydrogen-bond donors (Lipinski definition) is 1. The average Bonchev–Trinajstić information content (AvgIpc) is 2.84. The fourth-order valence-corrected chi connectivity index (χ4v) is 4.50. The molecule has 0 aliphatic heterocycles. The molecule has 0 amide bonds. The van der Waals surface area contributed by atoms with Gasteiger partial charge in [0, 0.05) is 25.1 Å². The average molecular weight is 350 g/mol. The molecule has 1 aromatic rings. The van der Waals surface area contributed by atoms with Gasteiger partial charge in [-0.25, -0.2) is 18.1 Å². The Kier molecular flexibility index (Phi) is 5.03. The van der Waals surface area contributed by atoms with E-state index in [1.165, 1.54) is 31.8 Å². The summed E-state index contributed by atoms with van der Waals surface area (Å²) in [6, 6.07) is 0. The Balaban J connectivity index is 1.97. The van der Waals surface area contributed by atoms with Crippen LogP contribution in [0.1, 0.15) is 25.7 Å². The second-order valence-corrected chi connectivity index (χ2v) is 7.55. The van der Waals surface area contributed by atoms with Crippen LogP contribution in [0.2, 0.25) is 0 Å². The van der Waals surface area contributed by atoms with Crippen molar-refractivity contribution in [3.8, 4) is 0 Å². The van der Waals surface area contributed by atoms with Crippen LogP contribution in [-0.4, -0.2) is 29.8 Å². The minimum absolute atomic E-state index is 0.0983. The normalized spacial score (nSPS) is 24.5. The zero-order valence-corrected chi connectivity index (χ0v) is 13.5. The lowest BCUT2D eigenvalue weighted by atomic mass is 9.80. The zero-order valence-electron chi connectivity index (χ0n) is 11.0. The van der Waals surface area contributed by atoms with Gasteiger partial charge in [0.2, 0.25) is 0 Å². The molecule has 2 rings (SSSR count). The van der Waals surface area contributed by atoms with Gasteiger partial charge in [-0.2, -0.15) is 0 Å². The lowest BCUT2D eigenvalue weighted by molar-refractivity contribution is 0.263. The van der Waals surface area contributed by atoms with Gasteiger partial charge in [-0.15, -0.1) is 0 Å². The molecule has 1 fully saturated rings. The van der Waals surface area contributed by atoms with E-state index in [-0.39, 0.29) is 5.03 Å². The third-order valence-electron chi connectivity index (χ3n) is 3.76. The van der Waals surface area contributed by atoms with Crippen LogP contribution < -0.4 is 4.72 Å². The summed E-state index contributed by atoms with van der Waals surface area (Å²) in [4.78, 5) is 3.89. The first-order valence-corrected chi connectivity index (χ1v) is 9.17. The number of aromatic nitrogens is 2. The summed E-state index contributed by atoms with van der Waals surface area (Å²) < 4.78 is 28.5. The third kappa shape index (κ3) is 3.79. The maximum atomic E-state index is 12.1. The molecular weight excluding hydrogens is 330 g/mol. The van der Waals surface area contributed by atoms with Crippen LogP contribution in [0.15, 0.2) is 17.6 Å². The summed E-state index contributed by atoms with van der Waals surface area (Å²) in [7, 11) is -1.71. The van der Waals surface area contributed by atoms with Crippen molar-refractivity contribution in [1.29, 1.82) is 0 Å². The molecule has 19 heavy (non-hydrogen) atoms. The molecule has 1 saturated carbocycles. The standard InChI is InChI=1S/C12H20BrN3O2S/c1-16-8-12(14-9-16)19(17,18)15-7-11-5-3-2-4-10(11)6-13/h8-11,15H,2-7H2,1H3. The van der Waals surface area contributed by atoms with Gasteiger partial charge in [0.25, 0.3) is 10.0 Å². The number of imidazole rings is 1. The fourth-order valence-electron chi connectivity index (χ4n) is 2.57. The van der Waals surface area contributed by atoms with E-state index in [9.17, 15) is 8.42 Å². The van der Waals surface area contributed by atoms with Crippen LogP contribution in [0.3, 0.4) is 0 Å². The number of alkyl halides is 1. The molecule has 5 nitrogen and oxygen atoms in total. The van der Waals surface area contributed by atoms with Gasteiger partial charge < -0.3 is 4.57 Å². The third-order valence-corrected chi connectivity index (χ3v) is 5.90. The number of nitrogens with zero attached hydrogens (tertiary/aromatic N) is 2. The maximum Gasteiger partial charge on any atom is 0.259 e. The summed E-state index contributed by atoms with van der Waals surface area (Å²) in [5.74, 6) is 0.992. The van der Waals surface area contributed by atoms with E-state index in [1.54, 1.807) is 11.6 Å². The largest absolute Gasteiger partial charge is 0.339 e. The molecule has 1 aliphatic carbocycles. The highest BCUT2D eigenvalue weighted by atomic mass is 79.9. The molecule has 0 radical (unpaired) electrons. The molecule has 0 bridgehead atoms. The Morgan fingerprint density at radius 3 is 2.68 bits per heavy atom. The minimum atomic E-state index is -3.47. The molecule has 108 valence electrons. The van der Waals surface area contributed by atoms with Crippen molar-refractivity contribution in [1.82, 2.24) is 14.3 Å². The highest BCUT2D eigenvalue weighted by Gasteiger charge is 2.26. The lowest BCUT2D eigenvalue weighted by Gasteiger charge is -2.30. The van der Waals surface area contributed by atoms with Crippen LogP contribution in [-0.2, 0) is 17.1 Å².